The monoisotopic (exact) mass is 291 g/mol. The third kappa shape index (κ3) is 3.39. The number of halogens is 2. The standard InChI is InChI=1S/C17H19F2NO/c1-11-7-8-12(17(9-11)21-3)16(20-2)10-13-14(18)5-4-6-15(13)19/h4-9,16,20H,10H2,1-3H3. The molecule has 112 valence electrons. The third-order valence-electron chi connectivity index (χ3n) is 3.58. The lowest BCUT2D eigenvalue weighted by molar-refractivity contribution is 0.399. The molecule has 0 heterocycles. The Labute approximate surface area is 123 Å². The summed E-state index contributed by atoms with van der Waals surface area (Å²) in [7, 11) is 3.36. The first kappa shape index (κ1) is 15.4. The lowest BCUT2D eigenvalue weighted by Gasteiger charge is -2.20. The molecule has 0 aliphatic carbocycles. The van der Waals surface area contributed by atoms with Crippen molar-refractivity contribution < 1.29 is 13.5 Å². The van der Waals surface area contributed by atoms with E-state index in [4.69, 9.17) is 4.74 Å². The topological polar surface area (TPSA) is 21.3 Å². The first-order chi connectivity index (χ1) is 10.1. The average molecular weight is 291 g/mol. The lowest BCUT2D eigenvalue weighted by atomic mass is 9.96. The molecule has 0 bridgehead atoms. The molecule has 0 fully saturated rings. The van der Waals surface area contributed by atoms with Crippen LogP contribution in [0.2, 0.25) is 0 Å². The predicted molar refractivity (Wildman–Crippen MR) is 79.6 cm³/mol. The molecule has 2 nitrogen and oxygen atoms in total. The maximum Gasteiger partial charge on any atom is 0.129 e. The molecular weight excluding hydrogens is 272 g/mol. The zero-order valence-electron chi connectivity index (χ0n) is 12.4. The van der Waals surface area contributed by atoms with Gasteiger partial charge in [-0.3, -0.25) is 0 Å². The van der Waals surface area contributed by atoms with Crippen LogP contribution in [0.5, 0.6) is 5.75 Å². The molecule has 0 aromatic heterocycles. The number of aryl methyl sites for hydroxylation is 1. The molecule has 1 N–H and O–H groups in total. The van der Waals surface area contributed by atoms with Gasteiger partial charge in [-0.25, -0.2) is 8.78 Å². The van der Waals surface area contributed by atoms with Crippen LogP contribution in [0.1, 0.15) is 22.7 Å². The molecule has 2 aromatic carbocycles. The van der Waals surface area contributed by atoms with Crippen molar-refractivity contribution in [2.24, 2.45) is 0 Å². The molecule has 1 atom stereocenters. The average Bonchev–Trinajstić information content (AvgIpc) is 2.47. The number of hydrogen-bond acceptors (Lipinski definition) is 2. The van der Waals surface area contributed by atoms with Gasteiger partial charge in [-0.05, 0) is 44.2 Å². The summed E-state index contributed by atoms with van der Waals surface area (Å²) in [6, 6.07) is 9.49. The number of ether oxygens (including phenoxy) is 1. The van der Waals surface area contributed by atoms with Crippen LogP contribution in [0.25, 0.3) is 0 Å². The molecule has 0 aliphatic rings. The fraction of sp³-hybridized carbons (Fsp3) is 0.294. The van der Waals surface area contributed by atoms with Crippen molar-refractivity contribution in [2.45, 2.75) is 19.4 Å². The van der Waals surface area contributed by atoms with E-state index in [1.54, 1.807) is 14.2 Å². The second-order valence-corrected chi connectivity index (χ2v) is 4.99. The fourth-order valence-electron chi connectivity index (χ4n) is 2.41. The van der Waals surface area contributed by atoms with Crippen LogP contribution < -0.4 is 10.1 Å². The molecule has 0 spiro atoms. The van der Waals surface area contributed by atoms with E-state index in [-0.39, 0.29) is 18.0 Å². The van der Waals surface area contributed by atoms with Gasteiger partial charge in [0.25, 0.3) is 0 Å². The van der Waals surface area contributed by atoms with Crippen LogP contribution >= 0.6 is 0 Å². The van der Waals surface area contributed by atoms with Gasteiger partial charge in [-0.15, -0.1) is 0 Å². The van der Waals surface area contributed by atoms with Gasteiger partial charge in [-0.1, -0.05) is 18.2 Å². The Morgan fingerprint density at radius 2 is 1.81 bits per heavy atom. The summed E-state index contributed by atoms with van der Waals surface area (Å²) in [6.07, 6.45) is 0.217. The van der Waals surface area contributed by atoms with E-state index in [0.29, 0.717) is 5.75 Å². The molecule has 0 saturated carbocycles. The van der Waals surface area contributed by atoms with Crippen molar-refractivity contribution in [1.82, 2.24) is 5.32 Å². The van der Waals surface area contributed by atoms with Crippen LogP contribution in [0, 0.1) is 18.6 Å². The minimum absolute atomic E-state index is 0.0829. The van der Waals surface area contributed by atoms with Crippen molar-refractivity contribution >= 4 is 0 Å². The van der Waals surface area contributed by atoms with Crippen LogP contribution in [0.4, 0.5) is 8.78 Å². The highest BCUT2D eigenvalue weighted by atomic mass is 19.1. The Balaban J connectivity index is 2.37. The lowest BCUT2D eigenvalue weighted by Crippen LogP contribution is -2.20. The van der Waals surface area contributed by atoms with Gasteiger partial charge in [-0.2, -0.15) is 0 Å². The number of likely N-dealkylation sites (N-methyl/N-ethyl adjacent to an activating group) is 1. The summed E-state index contributed by atoms with van der Waals surface area (Å²) in [5.74, 6) is -0.339. The molecule has 0 saturated heterocycles. The molecule has 4 heteroatoms. The van der Waals surface area contributed by atoms with Gasteiger partial charge in [0.05, 0.1) is 7.11 Å². The molecule has 0 radical (unpaired) electrons. The van der Waals surface area contributed by atoms with E-state index >= 15 is 0 Å². The van der Waals surface area contributed by atoms with E-state index in [1.807, 2.05) is 25.1 Å². The highest BCUT2D eigenvalue weighted by molar-refractivity contribution is 5.40. The Hall–Kier alpha value is -1.94. The number of methoxy groups -OCH3 is 1. The van der Waals surface area contributed by atoms with E-state index in [9.17, 15) is 8.78 Å². The summed E-state index contributed by atoms with van der Waals surface area (Å²) in [5, 5.41) is 3.10. The first-order valence-corrected chi connectivity index (χ1v) is 6.81. The van der Waals surface area contributed by atoms with E-state index in [2.05, 4.69) is 5.32 Å². The first-order valence-electron chi connectivity index (χ1n) is 6.81. The number of rotatable bonds is 5. The SMILES string of the molecule is CNC(Cc1c(F)cccc1F)c1ccc(C)cc1OC. The molecule has 0 amide bonds. The molecule has 2 aromatic rings. The van der Waals surface area contributed by atoms with Gasteiger partial charge in [0, 0.05) is 17.2 Å². The van der Waals surface area contributed by atoms with Crippen LogP contribution in [0.15, 0.2) is 36.4 Å². The van der Waals surface area contributed by atoms with E-state index in [0.717, 1.165) is 11.1 Å². The van der Waals surface area contributed by atoms with Crippen LogP contribution in [-0.2, 0) is 6.42 Å². The van der Waals surface area contributed by atoms with E-state index in [1.165, 1.54) is 18.2 Å². The van der Waals surface area contributed by atoms with Gasteiger partial charge in [0.15, 0.2) is 0 Å². The van der Waals surface area contributed by atoms with Gasteiger partial charge in [0.1, 0.15) is 17.4 Å². The summed E-state index contributed by atoms with van der Waals surface area (Å²) < 4.78 is 33.0. The summed E-state index contributed by atoms with van der Waals surface area (Å²) in [4.78, 5) is 0. The van der Waals surface area contributed by atoms with Crippen molar-refractivity contribution in [3.8, 4) is 5.75 Å². The number of nitrogens with one attached hydrogen (secondary N) is 1. The van der Waals surface area contributed by atoms with Crippen molar-refractivity contribution in [3.63, 3.8) is 0 Å². The molecule has 1 unspecified atom stereocenters. The second-order valence-electron chi connectivity index (χ2n) is 4.99. The Kier molecular flexibility index (Phi) is 4.91. The maximum atomic E-state index is 13.8. The van der Waals surface area contributed by atoms with Gasteiger partial charge < -0.3 is 10.1 Å². The smallest absolute Gasteiger partial charge is 0.129 e. The third-order valence-corrected chi connectivity index (χ3v) is 3.58. The normalized spacial score (nSPS) is 12.2. The Bertz CT molecular complexity index is 608. The van der Waals surface area contributed by atoms with Gasteiger partial charge >= 0.3 is 0 Å². The Morgan fingerprint density at radius 1 is 1.14 bits per heavy atom. The zero-order chi connectivity index (χ0) is 15.4. The highest BCUT2D eigenvalue weighted by Gasteiger charge is 2.19. The molecule has 2 rings (SSSR count). The molecule has 21 heavy (non-hydrogen) atoms. The van der Waals surface area contributed by atoms with Gasteiger partial charge in [0.2, 0.25) is 0 Å². The van der Waals surface area contributed by atoms with Crippen LogP contribution in [-0.4, -0.2) is 14.2 Å². The summed E-state index contributed by atoms with van der Waals surface area (Å²) in [5.41, 5.74) is 2.04. The quantitative estimate of drug-likeness (QED) is 0.905. The van der Waals surface area contributed by atoms with E-state index < -0.39 is 11.6 Å². The van der Waals surface area contributed by atoms with Crippen LogP contribution in [0.3, 0.4) is 0 Å². The maximum absolute atomic E-state index is 13.8. The predicted octanol–water partition coefficient (Wildman–Crippen LogP) is 3.79. The summed E-state index contributed by atoms with van der Waals surface area (Å²) in [6.45, 7) is 1.97. The highest BCUT2D eigenvalue weighted by Crippen LogP contribution is 2.29. The minimum atomic E-state index is -0.527. The summed E-state index contributed by atoms with van der Waals surface area (Å²) >= 11 is 0. The number of hydrogen-bond donors (Lipinski definition) is 1. The minimum Gasteiger partial charge on any atom is -0.496 e. The van der Waals surface area contributed by atoms with Crippen molar-refractivity contribution in [2.75, 3.05) is 14.2 Å². The largest absolute Gasteiger partial charge is 0.496 e. The fourth-order valence-corrected chi connectivity index (χ4v) is 2.41. The molecular formula is C17H19F2NO. The number of benzene rings is 2. The Morgan fingerprint density at radius 3 is 2.38 bits per heavy atom. The zero-order valence-corrected chi connectivity index (χ0v) is 12.4. The molecule has 0 aliphatic heterocycles. The van der Waals surface area contributed by atoms with Crippen molar-refractivity contribution in [3.05, 3.63) is 64.7 Å². The second kappa shape index (κ2) is 6.68. The van der Waals surface area contributed by atoms with Crippen molar-refractivity contribution in [1.29, 1.82) is 0 Å².